The highest BCUT2D eigenvalue weighted by molar-refractivity contribution is 9.10. The van der Waals surface area contributed by atoms with E-state index < -0.39 is 0 Å². The van der Waals surface area contributed by atoms with Gasteiger partial charge >= 0.3 is 0 Å². The fourth-order valence-electron chi connectivity index (χ4n) is 1.75. The zero-order valence-electron chi connectivity index (χ0n) is 10.4. The molecule has 0 radical (unpaired) electrons. The van der Waals surface area contributed by atoms with E-state index in [9.17, 15) is 0 Å². The Morgan fingerprint density at radius 3 is 2.76 bits per heavy atom. The van der Waals surface area contributed by atoms with Crippen LogP contribution in [0.25, 0.3) is 0 Å². The topological polar surface area (TPSA) is 12.0 Å². The molecule has 0 aliphatic rings. The van der Waals surface area contributed by atoms with Gasteiger partial charge in [-0.3, -0.25) is 0 Å². The molecule has 0 saturated heterocycles. The molecular weight excluding hydrogens is 298 g/mol. The van der Waals surface area contributed by atoms with Crippen molar-refractivity contribution in [2.45, 2.75) is 32.7 Å². The molecule has 1 aromatic rings. The predicted octanol–water partition coefficient (Wildman–Crippen LogP) is 5.11. The van der Waals surface area contributed by atoms with Gasteiger partial charge in [-0.15, -0.1) is 6.58 Å². The van der Waals surface area contributed by atoms with Gasteiger partial charge in [-0.25, -0.2) is 0 Å². The lowest BCUT2D eigenvalue weighted by atomic mass is 10.00. The number of allylic oxidation sites excluding steroid dienone is 1. The van der Waals surface area contributed by atoms with E-state index in [4.69, 9.17) is 11.6 Å². The lowest BCUT2D eigenvalue weighted by Crippen LogP contribution is -2.20. The minimum Gasteiger partial charge on any atom is -0.310 e. The van der Waals surface area contributed by atoms with Crippen LogP contribution in [0.1, 0.15) is 38.3 Å². The molecule has 0 aliphatic heterocycles. The van der Waals surface area contributed by atoms with Crippen LogP contribution in [0, 0.1) is 0 Å². The summed E-state index contributed by atoms with van der Waals surface area (Å²) in [7, 11) is 0. The first-order valence-corrected chi connectivity index (χ1v) is 7.04. The molecule has 1 N–H and O–H groups in total. The number of nitrogens with one attached hydrogen (secondary N) is 1. The quantitative estimate of drug-likeness (QED) is 0.719. The second kappa shape index (κ2) is 7.20. The van der Waals surface area contributed by atoms with Crippen molar-refractivity contribution < 1.29 is 0 Å². The van der Waals surface area contributed by atoms with Gasteiger partial charge in [0, 0.05) is 10.5 Å². The summed E-state index contributed by atoms with van der Waals surface area (Å²) in [6.45, 7) is 9.09. The monoisotopic (exact) mass is 315 g/mol. The Labute approximate surface area is 117 Å². The average Bonchev–Trinajstić information content (AvgIpc) is 2.28. The minimum absolute atomic E-state index is 0.349. The van der Waals surface area contributed by atoms with E-state index in [0.717, 1.165) is 28.9 Å². The highest BCUT2D eigenvalue weighted by Gasteiger charge is 2.11. The summed E-state index contributed by atoms with van der Waals surface area (Å²) in [5.74, 6) is 0. The summed E-state index contributed by atoms with van der Waals surface area (Å²) in [5, 5.41) is 4.25. The second-order valence-electron chi connectivity index (χ2n) is 4.28. The summed E-state index contributed by atoms with van der Waals surface area (Å²) < 4.78 is 0.943. The van der Waals surface area contributed by atoms with Crippen LogP contribution in [0.2, 0.25) is 5.02 Å². The number of rotatable bonds is 6. The molecule has 1 aromatic carbocycles. The normalized spacial score (nSPS) is 12.5. The third-order valence-corrected chi connectivity index (χ3v) is 3.89. The third kappa shape index (κ3) is 4.82. The zero-order valence-corrected chi connectivity index (χ0v) is 12.7. The largest absolute Gasteiger partial charge is 0.310 e. The lowest BCUT2D eigenvalue weighted by molar-refractivity contribution is 0.515. The summed E-state index contributed by atoms with van der Waals surface area (Å²) in [6, 6.07) is 6.49. The van der Waals surface area contributed by atoms with Crippen LogP contribution in [0.5, 0.6) is 0 Å². The molecule has 0 bridgehead atoms. The molecule has 1 rings (SSSR count). The van der Waals surface area contributed by atoms with Crippen LogP contribution < -0.4 is 5.32 Å². The molecular formula is C14H19BrClN. The lowest BCUT2D eigenvalue weighted by Gasteiger charge is -2.19. The van der Waals surface area contributed by atoms with Crippen molar-refractivity contribution in [1.82, 2.24) is 5.32 Å². The Morgan fingerprint density at radius 2 is 2.24 bits per heavy atom. The van der Waals surface area contributed by atoms with Gasteiger partial charge in [-0.2, -0.15) is 0 Å². The molecule has 0 amide bonds. The Morgan fingerprint density at radius 1 is 1.53 bits per heavy atom. The molecule has 0 aromatic heterocycles. The van der Waals surface area contributed by atoms with E-state index in [0.29, 0.717) is 6.04 Å². The van der Waals surface area contributed by atoms with Gasteiger partial charge in [0.1, 0.15) is 0 Å². The Bertz CT molecular complexity index is 390. The first kappa shape index (κ1) is 14.7. The van der Waals surface area contributed by atoms with E-state index in [1.807, 2.05) is 12.1 Å². The van der Waals surface area contributed by atoms with Gasteiger partial charge in [0.05, 0.1) is 5.02 Å². The first-order chi connectivity index (χ1) is 8.04. The van der Waals surface area contributed by atoms with Crippen LogP contribution in [0.4, 0.5) is 0 Å². The average molecular weight is 317 g/mol. The van der Waals surface area contributed by atoms with E-state index in [1.165, 1.54) is 11.1 Å². The molecule has 17 heavy (non-hydrogen) atoms. The van der Waals surface area contributed by atoms with Crippen molar-refractivity contribution in [1.29, 1.82) is 0 Å². The maximum atomic E-state index is 6.13. The van der Waals surface area contributed by atoms with Crippen LogP contribution in [-0.4, -0.2) is 6.54 Å². The SMILES string of the molecule is C=C(C)CCC(NCC)c1ccc(Br)c(Cl)c1. The van der Waals surface area contributed by atoms with Crippen molar-refractivity contribution in [3.05, 3.63) is 45.4 Å². The fraction of sp³-hybridized carbons (Fsp3) is 0.429. The van der Waals surface area contributed by atoms with Crippen molar-refractivity contribution in [3.63, 3.8) is 0 Å². The molecule has 94 valence electrons. The standard InChI is InChI=1S/C14H19BrClN/c1-4-17-14(8-5-10(2)3)11-6-7-12(15)13(16)9-11/h6-7,9,14,17H,2,4-5,8H2,1,3H3. The number of hydrogen-bond donors (Lipinski definition) is 1. The van der Waals surface area contributed by atoms with Crippen molar-refractivity contribution >= 4 is 27.5 Å². The number of benzene rings is 1. The highest BCUT2D eigenvalue weighted by atomic mass is 79.9. The molecule has 1 unspecified atom stereocenters. The van der Waals surface area contributed by atoms with E-state index >= 15 is 0 Å². The fourth-order valence-corrected chi connectivity index (χ4v) is 2.19. The second-order valence-corrected chi connectivity index (χ2v) is 5.54. The highest BCUT2D eigenvalue weighted by Crippen LogP contribution is 2.28. The molecule has 0 aliphatic carbocycles. The van der Waals surface area contributed by atoms with Crippen LogP contribution in [0.3, 0.4) is 0 Å². The maximum Gasteiger partial charge on any atom is 0.0551 e. The molecule has 0 saturated carbocycles. The number of hydrogen-bond acceptors (Lipinski definition) is 1. The summed E-state index contributed by atoms with van der Waals surface area (Å²) in [4.78, 5) is 0. The van der Waals surface area contributed by atoms with Gasteiger partial charge in [0.15, 0.2) is 0 Å². The summed E-state index contributed by atoms with van der Waals surface area (Å²) >= 11 is 9.54. The Balaban J connectivity index is 2.81. The Hall–Kier alpha value is -0.310. The minimum atomic E-state index is 0.349. The van der Waals surface area contributed by atoms with Crippen LogP contribution in [0.15, 0.2) is 34.8 Å². The van der Waals surface area contributed by atoms with E-state index in [-0.39, 0.29) is 0 Å². The molecule has 0 heterocycles. The smallest absolute Gasteiger partial charge is 0.0551 e. The van der Waals surface area contributed by atoms with Crippen LogP contribution in [-0.2, 0) is 0 Å². The Kier molecular flexibility index (Phi) is 6.24. The predicted molar refractivity (Wildman–Crippen MR) is 79.6 cm³/mol. The zero-order chi connectivity index (χ0) is 12.8. The van der Waals surface area contributed by atoms with Gasteiger partial charge in [-0.1, -0.05) is 30.2 Å². The molecule has 1 atom stereocenters. The van der Waals surface area contributed by atoms with Gasteiger partial charge in [0.2, 0.25) is 0 Å². The summed E-state index contributed by atoms with van der Waals surface area (Å²) in [6.07, 6.45) is 2.09. The van der Waals surface area contributed by atoms with Crippen LogP contribution >= 0.6 is 27.5 Å². The summed E-state index contributed by atoms with van der Waals surface area (Å²) in [5.41, 5.74) is 2.46. The molecule has 3 heteroatoms. The van der Waals surface area contributed by atoms with Gasteiger partial charge in [0.25, 0.3) is 0 Å². The third-order valence-electron chi connectivity index (χ3n) is 2.66. The van der Waals surface area contributed by atoms with Gasteiger partial charge in [-0.05, 0) is 59.9 Å². The number of halogens is 2. The van der Waals surface area contributed by atoms with Crippen molar-refractivity contribution in [2.75, 3.05) is 6.54 Å². The van der Waals surface area contributed by atoms with Gasteiger partial charge < -0.3 is 5.32 Å². The molecule has 0 spiro atoms. The first-order valence-electron chi connectivity index (χ1n) is 5.87. The van der Waals surface area contributed by atoms with Crippen molar-refractivity contribution in [2.24, 2.45) is 0 Å². The molecule has 0 fully saturated rings. The maximum absolute atomic E-state index is 6.13. The molecule has 1 nitrogen and oxygen atoms in total. The van der Waals surface area contributed by atoms with Crippen molar-refractivity contribution in [3.8, 4) is 0 Å². The van der Waals surface area contributed by atoms with E-state index in [1.54, 1.807) is 0 Å². The van der Waals surface area contributed by atoms with E-state index in [2.05, 4.69) is 47.7 Å².